The Labute approximate surface area is 128 Å². The molecule has 0 aromatic carbocycles. The van der Waals surface area contributed by atoms with Crippen molar-refractivity contribution in [3.8, 4) is 6.07 Å². The maximum absolute atomic E-state index is 12.6. The molecule has 0 saturated heterocycles. The van der Waals surface area contributed by atoms with Crippen molar-refractivity contribution in [1.82, 2.24) is 9.80 Å². The zero-order valence-corrected chi connectivity index (χ0v) is 13.8. The van der Waals surface area contributed by atoms with Crippen LogP contribution in [-0.4, -0.2) is 58.6 Å². The van der Waals surface area contributed by atoms with Gasteiger partial charge in [0.1, 0.15) is 5.54 Å². The average molecular weight is 295 g/mol. The van der Waals surface area contributed by atoms with Crippen molar-refractivity contribution in [2.45, 2.75) is 70.6 Å². The Morgan fingerprint density at radius 1 is 1.29 bits per heavy atom. The molecule has 1 saturated carbocycles. The molecule has 120 valence electrons. The number of aliphatic hydroxyl groups excluding tert-OH is 1. The molecular formula is C16H29N3O2. The molecule has 21 heavy (non-hydrogen) atoms. The van der Waals surface area contributed by atoms with Gasteiger partial charge < -0.3 is 10.0 Å². The molecule has 0 aromatic heterocycles. The van der Waals surface area contributed by atoms with E-state index >= 15 is 0 Å². The highest BCUT2D eigenvalue weighted by molar-refractivity contribution is 5.79. The monoisotopic (exact) mass is 295 g/mol. The number of hydrogen-bond donors (Lipinski definition) is 1. The number of carbonyl (C=O) groups is 1. The van der Waals surface area contributed by atoms with Gasteiger partial charge in [0.25, 0.3) is 0 Å². The minimum atomic E-state index is -0.636. The molecule has 1 N–H and O–H groups in total. The second kappa shape index (κ2) is 7.77. The van der Waals surface area contributed by atoms with Gasteiger partial charge in [-0.1, -0.05) is 19.3 Å². The summed E-state index contributed by atoms with van der Waals surface area (Å²) < 4.78 is 0. The lowest BCUT2D eigenvalue weighted by molar-refractivity contribution is -0.136. The van der Waals surface area contributed by atoms with E-state index in [4.69, 9.17) is 0 Å². The van der Waals surface area contributed by atoms with Crippen LogP contribution in [0.3, 0.4) is 0 Å². The van der Waals surface area contributed by atoms with Crippen LogP contribution >= 0.6 is 0 Å². The van der Waals surface area contributed by atoms with Crippen LogP contribution in [0.2, 0.25) is 0 Å². The Morgan fingerprint density at radius 2 is 1.86 bits per heavy atom. The summed E-state index contributed by atoms with van der Waals surface area (Å²) in [7, 11) is 1.75. The van der Waals surface area contributed by atoms with Crippen molar-refractivity contribution in [3.63, 3.8) is 0 Å². The Kier molecular flexibility index (Phi) is 6.63. The predicted octanol–water partition coefficient (Wildman–Crippen LogP) is 1.76. The third-order valence-electron chi connectivity index (χ3n) is 4.47. The van der Waals surface area contributed by atoms with Gasteiger partial charge in [-0.25, -0.2) is 0 Å². The second-order valence-corrected chi connectivity index (χ2v) is 6.53. The van der Waals surface area contributed by atoms with Gasteiger partial charge in [-0.15, -0.1) is 0 Å². The molecule has 0 heterocycles. The van der Waals surface area contributed by atoms with E-state index in [0.717, 1.165) is 32.1 Å². The molecule has 1 aliphatic carbocycles. The number of amides is 1. The van der Waals surface area contributed by atoms with Crippen molar-refractivity contribution in [2.75, 3.05) is 20.1 Å². The molecule has 1 aliphatic rings. The second-order valence-electron chi connectivity index (χ2n) is 6.53. The zero-order chi connectivity index (χ0) is 16.0. The first kappa shape index (κ1) is 17.9. The first-order valence-corrected chi connectivity index (χ1v) is 7.92. The summed E-state index contributed by atoms with van der Waals surface area (Å²) in [6.45, 7) is 6.47. The first-order chi connectivity index (χ1) is 9.82. The molecule has 0 aliphatic heterocycles. The standard InChI is InChI=1S/C16H29N3O2/c1-13(2)19(10-14(3)20)11-15(21)18(4)16(12-17)8-6-5-7-9-16/h13-14,20H,5-11H2,1-4H3. The van der Waals surface area contributed by atoms with E-state index in [2.05, 4.69) is 6.07 Å². The SMILES string of the molecule is CC(O)CN(CC(=O)N(C)C1(C#N)CCCCC1)C(C)C. The minimum absolute atomic E-state index is 0.0344. The lowest BCUT2D eigenvalue weighted by Crippen LogP contribution is -2.53. The fraction of sp³-hybridized carbons (Fsp3) is 0.875. The molecule has 0 aromatic rings. The number of nitrogens with zero attached hydrogens (tertiary/aromatic N) is 3. The van der Waals surface area contributed by atoms with Crippen LogP contribution in [0.25, 0.3) is 0 Å². The molecule has 1 rings (SSSR count). The third kappa shape index (κ3) is 4.69. The zero-order valence-electron chi connectivity index (χ0n) is 13.8. The molecule has 5 heteroatoms. The third-order valence-corrected chi connectivity index (χ3v) is 4.47. The van der Waals surface area contributed by atoms with E-state index in [1.807, 2.05) is 18.7 Å². The van der Waals surface area contributed by atoms with Gasteiger partial charge in [-0.2, -0.15) is 5.26 Å². The Bertz CT molecular complexity index is 381. The average Bonchev–Trinajstić information content (AvgIpc) is 2.45. The summed E-state index contributed by atoms with van der Waals surface area (Å²) in [5.41, 5.74) is -0.636. The number of likely N-dealkylation sites (N-methyl/N-ethyl adjacent to an activating group) is 1. The van der Waals surface area contributed by atoms with Crippen LogP contribution in [0.1, 0.15) is 52.9 Å². The lowest BCUT2D eigenvalue weighted by Gasteiger charge is -2.40. The van der Waals surface area contributed by atoms with E-state index < -0.39 is 11.6 Å². The van der Waals surface area contributed by atoms with Gasteiger partial charge in [0, 0.05) is 19.6 Å². The highest BCUT2D eigenvalue weighted by atomic mass is 16.3. The van der Waals surface area contributed by atoms with Gasteiger partial charge in [0.15, 0.2) is 0 Å². The number of carbonyl (C=O) groups excluding carboxylic acids is 1. The van der Waals surface area contributed by atoms with Crippen molar-refractivity contribution in [1.29, 1.82) is 5.26 Å². The van der Waals surface area contributed by atoms with E-state index in [0.29, 0.717) is 6.54 Å². The van der Waals surface area contributed by atoms with Crippen molar-refractivity contribution < 1.29 is 9.90 Å². The summed E-state index contributed by atoms with van der Waals surface area (Å²) in [5, 5.41) is 19.1. The van der Waals surface area contributed by atoms with Crippen molar-refractivity contribution in [2.24, 2.45) is 0 Å². The lowest BCUT2D eigenvalue weighted by atomic mass is 9.81. The van der Waals surface area contributed by atoms with Gasteiger partial charge in [-0.3, -0.25) is 9.69 Å². The van der Waals surface area contributed by atoms with Gasteiger partial charge >= 0.3 is 0 Å². The molecule has 0 spiro atoms. The predicted molar refractivity (Wildman–Crippen MR) is 82.6 cm³/mol. The van der Waals surface area contributed by atoms with Gasteiger partial charge in [0.2, 0.25) is 5.91 Å². The van der Waals surface area contributed by atoms with Crippen LogP contribution in [-0.2, 0) is 4.79 Å². The first-order valence-electron chi connectivity index (χ1n) is 7.92. The van der Waals surface area contributed by atoms with Gasteiger partial charge in [0.05, 0.1) is 18.7 Å². The quantitative estimate of drug-likeness (QED) is 0.811. The van der Waals surface area contributed by atoms with E-state index in [9.17, 15) is 15.2 Å². The summed E-state index contributed by atoms with van der Waals surface area (Å²) in [6.07, 6.45) is 4.23. The fourth-order valence-corrected chi connectivity index (χ4v) is 2.97. The molecule has 1 fully saturated rings. The Balaban J connectivity index is 2.74. The van der Waals surface area contributed by atoms with Crippen molar-refractivity contribution >= 4 is 5.91 Å². The summed E-state index contributed by atoms with van der Waals surface area (Å²) in [6, 6.07) is 2.56. The minimum Gasteiger partial charge on any atom is -0.392 e. The summed E-state index contributed by atoms with van der Waals surface area (Å²) in [5.74, 6) is -0.0344. The smallest absolute Gasteiger partial charge is 0.237 e. The summed E-state index contributed by atoms with van der Waals surface area (Å²) >= 11 is 0. The molecule has 1 amide bonds. The number of nitriles is 1. The van der Waals surface area contributed by atoms with Crippen molar-refractivity contribution in [3.05, 3.63) is 0 Å². The summed E-state index contributed by atoms with van der Waals surface area (Å²) in [4.78, 5) is 16.2. The number of hydrogen-bond acceptors (Lipinski definition) is 4. The highest BCUT2D eigenvalue weighted by Gasteiger charge is 2.39. The number of rotatable bonds is 6. The Morgan fingerprint density at radius 3 is 2.29 bits per heavy atom. The maximum Gasteiger partial charge on any atom is 0.237 e. The largest absolute Gasteiger partial charge is 0.392 e. The number of aliphatic hydroxyl groups is 1. The van der Waals surface area contributed by atoms with Crippen LogP contribution in [0.15, 0.2) is 0 Å². The highest BCUT2D eigenvalue weighted by Crippen LogP contribution is 2.32. The van der Waals surface area contributed by atoms with Gasteiger partial charge in [-0.05, 0) is 33.6 Å². The van der Waals surface area contributed by atoms with Crippen LogP contribution in [0.4, 0.5) is 0 Å². The molecule has 0 bridgehead atoms. The normalized spacial score (nSPS) is 19.3. The van der Waals surface area contributed by atoms with Crippen LogP contribution < -0.4 is 0 Å². The fourth-order valence-electron chi connectivity index (χ4n) is 2.97. The molecule has 1 atom stereocenters. The molecule has 0 radical (unpaired) electrons. The molecular weight excluding hydrogens is 266 g/mol. The van der Waals surface area contributed by atoms with Crippen LogP contribution in [0, 0.1) is 11.3 Å². The maximum atomic E-state index is 12.6. The van der Waals surface area contributed by atoms with E-state index in [1.54, 1.807) is 18.9 Å². The molecule has 1 unspecified atom stereocenters. The van der Waals surface area contributed by atoms with E-state index in [1.165, 1.54) is 0 Å². The Hall–Kier alpha value is -1.12. The topological polar surface area (TPSA) is 67.6 Å². The van der Waals surface area contributed by atoms with Crippen LogP contribution in [0.5, 0.6) is 0 Å². The van der Waals surface area contributed by atoms with E-state index in [-0.39, 0.29) is 18.5 Å². The molecule has 5 nitrogen and oxygen atoms in total.